The average Bonchev–Trinajstić information content (AvgIpc) is 3.15. The molecule has 0 aliphatic carbocycles. The maximum atomic E-state index is 14.0. The molecule has 8 heteroatoms. The molecular formula is C23H21F2N3O3. The van der Waals surface area contributed by atoms with Crippen LogP contribution in [0.4, 0.5) is 14.5 Å². The van der Waals surface area contributed by atoms with E-state index in [1.807, 2.05) is 18.2 Å². The van der Waals surface area contributed by atoms with Crippen molar-refractivity contribution in [2.45, 2.75) is 25.9 Å². The number of nitrogens with zero attached hydrogens (tertiary/aromatic N) is 2. The highest BCUT2D eigenvalue weighted by molar-refractivity contribution is 5.93. The molecule has 0 aromatic heterocycles. The molecule has 6 nitrogen and oxygen atoms in total. The lowest BCUT2D eigenvalue weighted by molar-refractivity contribution is -0.121. The van der Waals surface area contributed by atoms with Crippen LogP contribution in [-0.2, 0) is 22.6 Å². The van der Waals surface area contributed by atoms with Gasteiger partial charge in [0.15, 0.2) is 0 Å². The Morgan fingerprint density at radius 2 is 1.97 bits per heavy atom. The Morgan fingerprint density at radius 3 is 2.71 bits per heavy atom. The van der Waals surface area contributed by atoms with Gasteiger partial charge in [-0.3, -0.25) is 4.79 Å². The van der Waals surface area contributed by atoms with Crippen molar-refractivity contribution in [3.05, 3.63) is 64.2 Å². The molecule has 160 valence electrons. The van der Waals surface area contributed by atoms with Crippen LogP contribution in [0.15, 0.2) is 30.3 Å². The van der Waals surface area contributed by atoms with Crippen molar-refractivity contribution < 1.29 is 23.1 Å². The largest absolute Gasteiger partial charge is 0.457 e. The number of amides is 1. The Balaban J connectivity index is 1.27. The molecule has 2 aliphatic heterocycles. The third kappa shape index (κ3) is 4.57. The minimum Gasteiger partial charge on any atom is -0.457 e. The first-order valence-electron chi connectivity index (χ1n) is 10.2. The molecule has 1 N–H and O–H groups in total. The monoisotopic (exact) mass is 425 g/mol. The van der Waals surface area contributed by atoms with Crippen LogP contribution in [0.1, 0.15) is 39.9 Å². The van der Waals surface area contributed by atoms with Gasteiger partial charge in [-0.15, -0.1) is 0 Å². The van der Waals surface area contributed by atoms with Gasteiger partial charge in [0, 0.05) is 24.1 Å². The van der Waals surface area contributed by atoms with Crippen LogP contribution < -0.4 is 5.32 Å². The van der Waals surface area contributed by atoms with E-state index in [9.17, 15) is 18.4 Å². The number of nitrogens with one attached hydrogen (secondary N) is 1. The first kappa shape index (κ1) is 20.9. The van der Waals surface area contributed by atoms with Crippen LogP contribution in [0.3, 0.4) is 0 Å². The van der Waals surface area contributed by atoms with E-state index in [1.54, 1.807) is 6.07 Å². The summed E-state index contributed by atoms with van der Waals surface area (Å²) in [7, 11) is 0. The van der Waals surface area contributed by atoms with Gasteiger partial charge < -0.3 is 15.0 Å². The number of cyclic esters (lactones) is 1. The van der Waals surface area contributed by atoms with Gasteiger partial charge in [-0.1, -0.05) is 12.1 Å². The van der Waals surface area contributed by atoms with Crippen molar-refractivity contribution in [1.82, 2.24) is 4.90 Å². The summed E-state index contributed by atoms with van der Waals surface area (Å²) in [6.45, 7) is 2.62. The SMILES string of the molecule is N#Cc1cc(F)c(NC(=O)C2CCN(CCc3ccc4c(c3)COC4=O)CC2)cc1F. The molecule has 0 unspecified atom stereocenters. The smallest absolute Gasteiger partial charge is 0.338 e. The van der Waals surface area contributed by atoms with Crippen LogP contribution in [0.25, 0.3) is 0 Å². The molecule has 1 amide bonds. The number of esters is 1. The molecule has 2 aliphatic rings. The van der Waals surface area contributed by atoms with E-state index < -0.39 is 17.2 Å². The van der Waals surface area contributed by atoms with Gasteiger partial charge in [0.1, 0.15) is 24.3 Å². The number of carbonyl (C=O) groups is 2. The number of halogens is 2. The minimum absolute atomic E-state index is 0.247. The zero-order chi connectivity index (χ0) is 22.0. The predicted octanol–water partition coefficient (Wildman–Crippen LogP) is 3.40. The topological polar surface area (TPSA) is 82.4 Å². The third-order valence-corrected chi connectivity index (χ3v) is 5.86. The fourth-order valence-corrected chi connectivity index (χ4v) is 4.01. The average molecular weight is 425 g/mol. The van der Waals surface area contributed by atoms with Crippen LogP contribution in [-0.4, -0.2) is 36.4 Å². The predicted molar refractivity (Wildman–Crippen MR) is 108 cm³/mol. The van der Waals surface area contributed by atoms with Gasteiger partial charge in [0.25, 0.3) is 0 Å². The number of carbonyl (C=O) groups excluding carboxylic acids is 2. The Labute approximate surface area is 178 Å². The lowest BCUT2D eigenvalue weighted by Crippen LogP contribution is -2.39. The number of fused-ring (bicyclic) bond motifs is 1. The second-order valence-corrected chi connectivity index (χ2v) is 7.85. The molecule has 4 rings (SSSR count). The fraction of sp³-hybridized carbons (Fsp3) is 0.348. The first-order chi connectivity index (χ1) is 14.9. The number of likely N-dealkylation sites (tertiary alicyclic amines) is 1. The standard InChI is InChI=1S/C23H21F2N3O3/c24-19-11-21(20(25)10-16(19)12-26)27-22(29)15-4-7-28(8-5-15)6-3-14-1-2-18-17(9-14)13-31-23(18)30/h1-2,9-11,15H,3-8,13H2,(H,27,29). The number of ether oxygens (including phenoxy) is 1. The van der Waals surface area contributed by atoms with E-state index in [1.165, 1.54) is 0 Å². The summed E-state index contributed by atoms with van der Waals surface area (Å²) in [5, 5.41) is 11.2. The highest BCUT2D eigenvalue weighted by Gasteiger charge is 2.26. The van der Waals surface area contributed by atoms with Crippen molar-refractivity contribution in [3.8, 4) is 6.07 Å². The second-order valence-electron chi connectivity index (χ2n) is 7.85. The summed E-state index contributed by atoms with van der Waals surface area (Å²) in [5.74, 6) is -2.59. The van der Waals surface area contributed by atoms with Gasteiger partial charge >= 0.3 is 5.97 Å². The van der Waals surface area contributed by atoms with Crippen molar-refractivity contribution >= 4 is 17.6 Å². The van der Waals surface area contributed by atoms with E-state index in [-0.39, 0.29) is 23.5 Å². The molecule has 2 heterocycles. The van der Waals surface area contributed by atoms with Gasteiger partial charge in [0.2, 0.25) is 5.91 Å². The molecule has 31 heavy (non-hydrogen) atoms. The molecular weight excluding hydrogens is 404 g/mol. The lowest BCUT2D eigenvalue weighted by Gasteiger charge is -2.31. The van der Waals surface area contributed by atoms with Gasteiger partial charge in [-0.25, -0.2) is 13.6 Å². The molecule has 0 spiro atoms. The number of nitriles is 1. The highest BCUT2D eigenvalue weighted by atomic mass is 19.1. The number of benzene rings is 2. The molecule has 0 saturated carbocycles. The quantitative estimate of drug-likeness (QED) is 0.743. The number of hydrogen-bond acceptors (Lipinski definition) is 5. The summed E-state index contributed by atoms with van der Waals surface area (Å²) >= 11 is 0. The number of piperidine rings is 1. The van der Waals surface area contributed by atoms with E-state index in [0.717, 1.165) is 49.3 Å². The second kappa shape index (κ2) is 8.82. The summed E-state index contributed by atoms with van der Waals surface area (Å²) in [6, 6.07) is 8.95. The Hall–Kier alpha value is -3.31. The maximum Gasteiger partial charge on any atom is 0.338 e. The van der Waals surface area contributed by atoms with Crippen LogP contribution in [0, 0.1) is 28.9 Å². The first-order valence-corrected chi connectivity index (χ1v) is 10.2. The summed E-state index contributed by atoms with van der Waals surface area (Å²) < 4.78 is 32.8. The van der Waals surface area contributed by atoms with Crippen LogP contribution in [0.2, 0.25) is 0 Å². The summed E-state index contributed by atoms with van der Waals surface area (Å²) in [6.07, 6.45) is 2.07. The van der Waals surface area contributed by atoms with Gasteiger partial charge in [-0.05, 0) is 50.0 Å². The molecule has 1 saturated heterocycles. The maximum absolute atomic E-state index is 14.0. The fourth-order valence-electron chi connectivity index (χ4n) is 4.01. The minimum atomic E-state index is -0.864. The summed E-state index contributed by atoms with van der Waals surface area (Å²) in [4.78, 5) is 26.3. The molecule has 2 aromatic carbocycles. The molecule has 0 atom stereocenters. The van der Waals surface area contributed by atoms with E-state index in [4.69, 9.17) is 10.00 Å². The van der Waals surface area contributed by atoms with Crippen molar-refractivity contribution in [1.29, 1.82) is 5.26 Å². The zero-order valence-corrected chi connectivity index (χ0v) is 16.8. The van der Waals surface area contributed by atoms with E-state index in [2.05, 4.69) is 10.2 Å². The van der Waals surface area contributed by atoms with Crippen molar-refractivity contribution in [3.63, 3.8) is 0 Å². The zero-order valence-electron chi connectivity index (χ0n) is 16.8. The Bertz CT molecular complexity index is 1070. The van der Waals surface area contributed by atoms with Gasteiger partial charge in [-0.2, -0.15) is 5.26 Å². The number of anilines is 1. The Kier molecular flexibility index (Phi) is 5.96. The third-order valence-electron chi connectivity index (χ3n) is 5.86. The molecule has 2 aromatic rings. The van der Waals surface area contributed by atoms with Crippen LogP contribution in [0.5, 0.6) is 0 Å². The molecule has 0 bridgehead atoms. The van der Waals surface area contributed by atoms with E-state index >= 15 is 0 Å². The normalized spacial score (nSPS) is 16.5. The van der Waals surface area contributed by atoms with Crippen molar-refractivity contribution in [2.75, 3.05) is 25.0 Å². The highest BCUT2D eigenvalue weighted by Crippen LogP contribution is 2.24. The molecule has 1 fully saturated rings. The van der Waals surface area contributed by atoms with Gasteiger partial charge in [0.05, 0.1) is 16.8 Å². The number of rotatable bonds is 5. The lowest BCUT2D eigenvalue weighted by atomic mass is 9.95. The molecule has 0 radical (unpaired) electrons. The Morgan fingerprint density at radius 1 is 1.19 bits per heavy atom. The summed E-state index contributed by atoms with van der Waals surface area (Å²) in [5.41, 5.74) is 2.04. The van der Waals surface area contributed by atoms with Crippen molar-refractivity contribution in [2.24, 2.45) is 5.92 Å². The van der Waals surface area contributed by atoms with E-state index in [0.29, 0.717) is 25.0 Å². The number of hydrogen-bond donors (Lipinski definition) is 1. The van der Waals surface area contributed by atoms with Crippen LogP contribution >= 0.6 is 0 Å².